The maximum atomic E-state index is 13.1. The number of piperazine rings is 1. The molecule has 33 heavy (non-hydrogen) atoms. The fourth-order valence-corrected chi connectivity index (χ4v) is 6.14. The van der Waals surface area contributed by atoms with Crippen LogP contribution in [0.1, 0.15) is 18.4 Å². The Labute approximate surface area is 194 Å². The number of benzene rings is 2. The molecule has 0 spiro atoms. The number of carbonyl (C=O) groups excluding carboxylic acids is 1. The highest BCUT2D eigenvalue weighted by molar-refractivity contribution is 7.88. The molecule has 1 amide bonds. The zero-order valence-corrected chi connectivity index (χ0v) is 19.6. The van der Waals surface area contributed by atoms with Crippen molar-refractivity contribution < 1.29 is 22.3 Å². The highest BCUT2D eigenvalue weighted by Crippen LogP contribution is 2.29. The van der Waals surface area contributed by atoms with Crippen molar-refractivity contribution >= 4 is 21.6 Å². The maximum Gasteiger partial charge on any atom is 0.225 e. The quantitative estimate of drug-likeness (QED) is 0.643. The van der Waals surface area contributed by atoms with Gasteiger partial charge in [0, 0.05) is 45.2 Å². The van der Waals surface area contributed by atoms with Crippen LogP contribution >= 0.6 is 0 Å². The molecule has 0 saturated carbocycles. The van der Waals surface area contributed by atoms with E-state index in [-0.39, 0.29) is 23.4 Å². The summed E-state index contributed by atoms with van der Waals surface area (Å²) in [6, 6.07) is 13.4. The van der Waals surface area contributed by atoms with Crippen LogP contribution in [0, 0.1) is 11.7 Å². The Balaban J connectivity index is 1.28. The van der Waals surface area contributed by atoms with E-state index in [1.165, 1.54) is 28.6 Å². The summed E-state index contributed by atoms with van der Waals surface area (Å²) in [6.07, 6.45) is 1.04. The van der Waals surface area contributed by atoms with Crippen LogP contribution in [0.15, 0.2) is 48.5 Å². The van der Waals surface area contributed by atoms with Crippen molar-refractivity contribution in [2.75, 3.05) is 51.3 Å². The molecule has 0 atom stereocenters. The van der Waals surface area contributed by atoms with Crippen LogP contribution in [0.2, 0.25) is 0 Å². The third-order valence-electron chi connectivity index (χ3n) is 6.48. The summed E-state index contributed by atoms with van der Waals surface area (Å²) in [6.45, 7) is 3.41. The van der Waals surface area contributed by atoms with Gasteiger partial charge in [-0.25, -0.2) is 17.1 Å². The molecular weight excluding hydrogens is 445 g/mol. The van der Waals surface area contributed by atoms with Gasteiger partial charge in [0.2, 0.25) is 15.9 Å². The van der Waals surface area contributed by atoms with E-state index < -0.39 is 10.0 Å². The van der Waals surface area contributed by atoms with E-state index in [9.17, 15) is 17.6 Å². The van der Waals surface area contributed by atoms with Gasteiger partial charge < -0.3 is 14.5 Å². The Hall–Kier alpha value is -2.65. The third kappa shape index (κ3) is 5.47. The van der Waals surface area contributed by atoms with E-state index in [2.05, 4.69) is 4.90 Å². The van der Waals surface area contributed by atoms with E-state index in [0.29, 0.717) is 44.6 Å². The highest BCUT2D eigenvalue weighted by Gasteiger charge is 2.34. The average Bonchev–Trinajstić information content (AvgIpc) is 2.85. The first-order valence-corrected chi connectivity index (χ1v) is 12.9. The lowest BCUT2D eigenvalue weighted by molar-refractivity contribution is -0.137. The Kier molecular flexibility index (Phi) is 7.19. The molecule has 178 valence electrons. The SMILES string of the molecule is COc1ccccc1N1CCN(C(=O)C2CCN(S(=O)(=O)Cc3ccc(F)cc3)CC2)CC1. The second kappa shape index (κ2) is 10.1. The van der Waals surface area contributed by atoms with Gasteiger partial charge in [0.15, 0.2) is 0 Å². The minimum atomic E-state index is -3.50. The summed E-state index contributed by atoms with van der Waals surface area (Å²) in [5, 5.41) is 0. The standard InChI is InChI=1S/C24H30FN3O4S/c1-32-23-5-3-2-4-22(23)26-14-16-27(17-15-26)24(29)20-10-12-28(13-11-20)33(30,31)18-19-6-8-21(25)9-7-19/h2-9,20H,10-18H2,1H3. The first-order chi connectivity index (χ1) is 15.9. The van der Waals surface area contributed by atoms with Gasteiger partial charge in [0.25, 0.3) is 0 Å². The van der Waals surface area contributed by atoms with Crippen molar-refractivity contribution in [3.63, 3.8) is 0 Å². The fourth-order valence-electron chi connectivity index (χ4n) is 4.58. The van der Waals surface area contributed by atoms with Gasteiger partial charge in [-0.3, -0.25) is 4.79 Å². The number of anilines is 1. The molecule has 4 rings (SSSR count). The lowest BCUT2D eigenvalue weighted by atomic mass is 9.96. The number of hydrogen-bond donors (Lipinski definition) is 0. The van der Waals surface area contributed by atoms with Crippen LogP contribution in [0.4, 0.5) is 10.1 Å². The van der Waals surface area contributed by atoms with Gasteiger partial charge in [-0.1, -0.05) is 24.3 Å². The number of methoxy groups -OCH3 is 1. The summed E-state index contributed by atoms with van der Waals surface area (Å²) in [4.78, 5) is 17.2. The van der Waals surface area contributed by atoms with Crippen LogP contribution in [0.5, 0.6) is 5.75 Å². The van der Waals surface area contributed by atoms with Crippen molar-refractivity contribution in [1.29, 1.82) is 0 Å². The second-order valence-corrected chi connectivity index (χ2v) is 10.5. The molecule has 2 aromatic rings. The van der Waals surface area contributed by atoms with Crippen LogP contribution in [0.25, 0.3) is 0 Å². The first-order valence-electron chi connectivity index (χ1n) is 11.3. The van der Waals surface area contributed by atoms with E-state index in [1.54, 1.807) is 7.11 Å². The molecule has 2 heterocycles. The summed E-state index contributed by atoms with van der Waals surface area (Å²) in [5.74, 6) is 0.243. The van der Waals surface area contributed by atoms with Gasteiger partial charge in [0.1, 0.15) is 11.6 Å². The Bertz CT molecular complexity index is 1060. The van der Waals surface area contributed by atoms with E-state index >= 15 is 0 Å². The van der Waals surface area contributed by atoms with E-state index in [1.807, 2.05) is 29.2 Å². The van der Waals surface area contributed by atoms with Crippen LogP contribution < -0.4 is 9.64 Å². The van der Waals surface area contributed by atoms with Crippen molar-refractivity contribution in [3.8, 4) is 5.75 Å². The second-order valence-electron chi connectivity index (χ2n) is 8.54. The number of rotatable bonds is 6. The summed E-state index contributed by atoms with van der Waals surface area (Å²) in [7, 11) is -1.84. The topological polar surface area (TPSA) is 70.2 Å². The Morgan fingerprint density at radius 1 is 0.970 bits per heavy atom. The van der Waals surface area contributed by atoms with Crippen molar-refractivity contribution in [2.24, 2.45) is 5.92 Å². The molecule has 0 unspecified atom stereocenters. The zero-order valence-electron chi connectivity index (χ0n) is 18.8. The highest BCUT2D eigenvalue weighted by atomic mass is 32.2. The minimum Gasteiger partial charge on any atom is -0.495 e. The number of piperidine rings is 1. The monoisotopic (exact) mass is 475 g/mol. The lowest BCUT2D eigenvalue weighted by Gasteiger charge is -2.39. The molecular formula is C24H30FN3O4S. The number of sulfonamides is 1. The summed E-state index contributed by atoms with van der Waals surface area (Å²) >= 11 is 0. The average molecular weight is 476 g/mol. The number of carbonyl (C=O) groups is 1. The number of nitrogens with zero attached hydrogens (tertiary/aromatic N) is 3. The molecule has 0 N–H and O–H groups in total. The molecule has 2 fully saturated rings. The minimum absolute atomic E-state index is 0.116. The van der Waals surface area contributed by atoms with Crippen molar-refractivity contribution in [3.05, 3.63) is 59.9 Å². The predicted octanol–water partition coefficient (Wildman–Crippen LogP) is 2.72. The molecule has 2 aliphatic rings. The molecule has 0 radical (unpaired) electrons. The normalized spacial score (nSPS) is 18.4. The molecule has 2 aromatic carbocycles. The van der Waals surface area contributed by atoms with Gasteiger partial charge in [-0.15, -0.1) is 0 Å². The molecule has 2 aliphatic heterocycles. The fraction of sp³-hybridized carbons (Fsp3) is 0.458. The van der Waals surface area contributed by atoms with Crippen LogP contribution in [-0.2, 0) is 20.6 Å². The number of amides is 1. The lowest BCUT2D eigenvalue weighted by Crippen LogP contribution is -2.52. The number of para-hydroxylation sites is 2. The molecule has 2 saturated heterocycles. The van der Waals surface area contributed by atoms with Gasteiger partial charge >= 0.3 is 0 Å². The molecule has 0 aromatic heterocycles. The van der Waals surface area contributed by atoms with Gasteiger partial charge in [0.05, 0.1) is 18.6 Å². The number of ether oxygens (including phenoxy) is 1. The van der Waals surface area contributed by atoms with Gasteiger partial charge in [-0.2, -0.15) is 0 Å². The van der Waals surface area contributed by atoms with E-state index in [0.717, 1.165) is 24.5 Å². The van der Waals surface area contributed by atoms with Crippen LogP contribution in [0.3, 0.4) is 0 Å². The Morgan fingerprint density at radius 3 is 2.24 bits per heavy atom. The summed E-state index contributed by atoms with van der Waals surface area (Å²) < 4.78 is 45.5. The molecule has 0 aliphatic carbocycles. The maximum absolute atomic E-state index is 13.1. The summed E-state index contributed by atoms with van der Waals surface area (Å²) in [5.41, 5.74) is 1.59. The van der Waals surface area contributed by atoms with E-state index in [4.69, 9.17) is 4.74 Å². The largest absolute Gasteiger partial charge is 0.495 e. The molecule has 7 nitrogen and oxygen atoms in total. The first kappa shape index (κ1) is 23.5. The molecule has 0 bridgehead atoms. The van der Waals surface area contributed by atoms with Crippen molar-refractivity contribution in [1.82, 2.24) is 9.21 Å². The number of halogens is 1. The van der Waals surface area contributed by atoms with Crippen molar-refractivity contribution in [2.45, 2.75) is 18.6 Å². The Morgan fingerprint density at radius 2 is 1.61 bits per heavy atom. The zero-order chi connectivity index (χ0) is 23.4. The van der Waals surface area contributed by atoms with Gasteiger partial charge in [-0.05, 0) is 42.7 Å². The number of hydrogen-bond acceptors (Lipinski definition) is 5. The molecule has 9 heteroatoms. The van der Waals surface area contributed by atoms with Crippen LogP contribution in [-0.4, -0.2) is 69.9 Å². The third-order valence-corrected chi connectivity index (χ3v) is 8.33. The predicted molar refractivity (Wildman–Crippen MR) is 125 cm³/mol. The smallest absolute Gasteiger partial charge is 0.225 e.